The Kier molecular flexibility index (Phi) is 3.20. The van der Waals surface area contributed by atoms with Gasteiger partial charge in [0.25, 0.3) is 0 Å². The first-order valence-electron chi connectivity index (χ1n) is 6.62. The van der Waals surface area contributed by atoms with Crippen LogP contribution < -0.4 is 5.73 Å². The second-order valence-electron chi connectivity index (χ2n) is 4.98. The summed E-state index contributed by atoms with van der Waals surface area (Å²) in [5, 5.41) is 0. The zero-order chi connectivity index (χ0) is 12.6. The molecule has 0 bridgehead atoms. The highest BCUT2D eigenvalue weighted by molar-refractivity contribution is 7.98. The van der Waals surface area contributed by atoms with E-state index in [1.54, 1.807) is 0 Å². The van der Waals surface area contributed by atoms with Gasteiger partial charge in [0.15, 0.2) is 5.82 Å². The fourth-order valence-corrected chi connectivity index (χ4v) is 3.99. The standard InChI is InChI=1S/C13H19N3OS/c1-2-17-13(5-3-4-6-13)12-15-10-8-18-7-9(10)11(14)16-12/h2-8H2,1H3,(H2,14,15,16). The lowest BCUT2D eigenvalue weighted by Gasteiger charge is -2.27. The van der Waals surface area contributed by atoms with Crippen LogP contribution in [-0.2, 0) is 21.8 Å². The molecular weight excluding hydrogens is 246 g/mol. The monoisotopic (exact) mass is 265 g/mol. The van der Waals surface area contributed by atoms with Crippen molar-refractivity contribution in [2.45, 2.75) is 49.7 Å². The molecule has 98 valence electrons. The van der Waals surface area contributed by atoms with E-state index in [-0.39, 0.29) is 5.60 Å². The van der Waals surface area contributed by atoms with Crippen molar-refractivity contribution >= 4 is 17.6 Å². The first-order chi connectivity index (χ1) is 8.75. The van der Waals surface area contributed by atoms with Crippen LogP contribution in [0.15, 0.2) is 0 Å². The highest BCUT2D eigenvalue weighted by atomic mass is 32.2. The molecule has 1 aliphatic heterocycles. The lowest BCUT2D eigenvalue weighted by Crippen LogP contribution is -2.30. The van der Waals surface area contributed by atoms with Gasteiger partial charge in [-0.15, -0.1) is 0 Å². The number of thioether (sulfide) groups is 1. The van der Waals surface area contributed by atoms with Gasteiger partial charge in [0.2, 0.25) is 0 Å². The Bertz CT molecular complexity index is 458. The number of fused-ring (bicyclic) bond motifs is 1. The fraction of sp³-hybridized carbons (Fsp3) is 0.692. The number of anilines is 1. The normalized spacial score (nSPS) is 21.2. The van der Waals surface area contributed by atoms with Gasteiger partial charge in [0, 0.05) is 23.7 Å². The molecule has 2 N–H and O–H groups in total. The molecule has 0 aromatic carbocycles. The van der Waals surface area contributed by atoms with Gasteiger partial charge in [-0.2, -0.15) is 11.8 Å². The van der Waals surface area contributed by atoms with Gasteiger partial charge in [-0.05, 0) is 32.6 Å². The largest absolute Gasteiger partial charge is 0.383 e. The smallest absolute Gasteiger partial charge is 0.162 e. The third-order valence-electron chi connectivity index (χ3n) is 3.85. The quantitative estimate of drug-likeness (QED) is 0.910. The minimum atomic E-state index is -0.273. The molecule has 4 nitrogen and oxygen atoms in total. The fourth-order valence-electron chi connectivity index (χ4n) is 2.93. The second kappa shape index (κ2) is 4.70. The number of ether oxygens (including phenoxy) is 1. The molecule has 0 saturated heterocycles. The Labute approximate surface area is 112 Å². The Morgan fingerprint density at radius 3 is 2.78 bits per heavy atom. The van der Waals surface area contributed by atoms with E-state index >= 15 is 0 Å². The summed E-state index contributed by atoms with van der Waals surface area (Å²) >= 11 is 1.86. The van der Waals surface area contributed by atoms with Crippen molar-refractivity contribution in [3.8, 4) is 0 Å². The van der Waals surface area contributed by atoms with E-state index in [9.17, 15) is 0 Å². The lowest BCUT2D eigenvalue weighted by atomic mass is 10.0. The summed E-state index contributed by atoms with van der Waals surface area (Å²) in [6, 6.07) is 0. The van der Waals surface area contributed by atoms with E-state index in [0.717, 1.165) is 41.4 Å². The summed E-state index contributed by atoms with van der Waals surface area (Å²) in [5.74, 6) is 3.38. The summed E-state index contributed by atoms with van der Waals surface area (Å²) in [6.07, 6.45) is 4.42. The molecule has 5 heteroatoms. The Hall–Kier alpha value is -0.810. The maximum absolute atomic E-state index is 6.08. The van der Waals surface area contributed by atoms with E-state index < -0.39 is 0 Å². The topological polar surface area (TPSA) is 61.0 Å². The van der Waals surface area contributed by atoms with Crippen LogP contribution in [0.5, 0.6) is 0 Å². The number of hydrogen-bond acceptors (Lipinski definition) is 5. The van der Waals surface area contributed by atoms with Crippen LogP contribution in [0.4, 0.5) is 5.82 Å². The van der Waals surface area contributed by atoms with Crippen LogP contribution >= 0.6 is 11.8 Å². The maximum atomic E-state index is 6.08. The number of nitrogens with two attached hydrogens (primary N) is 1. The number of hydrogen-bond donors (Lipinski definition) is 1. The van der Waals surface area contributed by atoms with Crippen molar-refractivity contribution in [2.24, 2.45) is 0 Å². The van der Waals surface area contributed by atoms with E-state index in [1.807, 2.05) is 18.7 Å². The van der Waals surface area contributed by atoms with Gasteiger partial charge >= 0.3 is 0 Å². The van der Waals surface area contributed by atoms with E-state index in [0.29, 0.717) is 12.4 Å². The Morgan fingerprint density at radius 1 is 1.28 bits per heavy atom. The molecule has 2 heterocycles. The predicted octanol–water partition coefficient (Wildman–Crippen LogP) is 2.61. The summed E-state index contributed by atoms with van der Waals surface area (Å²) < 4.78 is 6.00. The van der Waals surface area contributed by atoms with Crippen LogP contribution in [0.1, 0.15) is 49.7 Å². The van der Waals surface area contributed by atoms with E-state index in [1.165, 1.54) is 12.8 Å². The summed E-state index contributed by atoms with van der Waals surface area (Å²) in [5.41, 5.74) is 8.05. The van der Waals surface area contributed by atoms with Crippen LogP contribution in [0.2, 0.25) is 0 Å². The SMILES string of the molecule is CCOC1(c2nc(N)c3c(n2)CSC3)CCCC1. The van der Waals surface area contributed by atoms with Crippen molar-refractivity contribution in [1.82, 2.24) is 9.97 Å². The molecule has 0 atom stereocenters. The van der Waals surface area contributed by atoms with Crippen molar-refractivity contribution < 1.29 is 4.74 Å². The van der Waals surface area contributed by atoms with Crippen LogP contribution in [0, 0.1) is 0 Å². The number of nitrogens with zero attached hydrogens (tertiary/aromatic N) is 2. The molecule has 0 radical (unpaired) electrons. The second-order valence-corrected chi connectivity index (χ2v) is 5.97. The highest BCUT2D eigenvalue weighted by Gasteiger charge is 2.40. The van der Waals surface area contributed by atoms with Crippen molar-refractivity contribution in [2.75, 3.05) is 12.3 Å². The number of nitrogen functional groups attached to an aromatic ring is 1. The van der Waals surface area contributed by atoms with Crippen LogP contribution in [0.3, 0.4) is 0 Å². The minimum absolute atomic E-state index is 0.273. The predicted molar refractivity (Wildman–Crippen MR) is 73.2 cm³/mol. The van der Waals surface area contributed by atoms with E-state index in [4.69, 9.17) is 15.5 Å². The van der Waals surface area contributed by atoms with Crippen molar-refractivity contribution in [3.05, 3.63) is 17.1 Å². The third-order valence-corrected chi connectivity index (χ3v) is 4.82. The molecule has 0 unspecified atom stereocenters. The lowest BCUT2D eigenvalue weighted by molar-refractivity contribution is -0.0457. The molecule has 18 heavy (non-hydrogen) atoms. The molecule has 0 amide bonds. The highest BCUT2D eigenvalue weighted by Crippen LogP contribution is 2.42. The number of rotatable bonds is 3. The third kappa shape index (κ3) is 1.89. The Morgan fingerprint density at radius 2 is 2.06 bits per heavy atom. The average molecular weight is 265 g/mol. The van der Waals surface area contributed by atoms with Crippen molar-refractivity contribution in [3.63, 3.8) is 0 Å². The van der Waals surface area contributed by atoms with E-state index in [2.05, 4.69) is 4.98 Å². The summed E-state index contributed by atoms with van der Waals surface area (Å²) in [7, 11) is 0. The first kappa shape index (κ1) is 12.2. The zero-order valence-electron chi connectivity index (χ0n) is 10.7. The molecule has 1 fully saturated rings. The molecule has 1 aliphatic carbocycles. The molecule has 2 aliphatic rings. The van der Waals surface area contributed by atoms with Crippen molar-refractivity contribution in [1.29, 1.82) is 0 Å². The van der Waals surface area contributed by atoms with Gasteiger partial charge in [0.05, 0.1) is 5.69 Å². The minimum Gasteiger partial charge on any atom is -0.383 e. The summed E-state index contributed by atoms with van der Waals surface area (Å²) in [4.78, 5) is 9.30. The molecule has 0 spiro atoms. The summed E-state index contributed by atoms with van der Waals surface area (Å²) in [6.45, 7) is 2.74. The molecular formula is C13H19N3OS. The number of aromatic nitrogens is 2. The molecule has 1 aromatic rings. The molecule has 1 aromatic heterocycles. The first-order valence-corrected chi connectivity index (χ1v) is 7.78. The maximum Gasteiger partial charge on any atom is 0.162 e. The average Bonchev–Trinajstić information content (AvgIpc) is 2.98. The van der Waals surface area contributed by atoms with Gasteiger partial charge < -0.3 is 10.5 Å². The van der Waals surface area contributed by atoms with Crippen LogP contribution in [0.25, 0.3) is 0 Å². The van der Waals surface area contributed by atoms with Gasteiger partial charge in [-0.25, -0.2) is 9.97 Å². The van der Waals surface area contributed by atoms with Gasteiger partial charge in [-0.3, -0.25) is 0 Å². The van der Waals surface area contributed by atoms with Gasteiger partial charge in [-0.1, -0.05) is 0 Å². The molecule has 3 rings (SSSR count). The van der Waals surface area contributed by atoms with Crippen LogP contribution in [-0.4, -0.2) is 16.6 Å². The zero-order valence-corrected chi connectivity index (χ0v) is 11.6. The Balaban J connectivity index is 2.02. The van der Waals surface area contributed by atoms with Gasteiger partial charge in [0.1, 0.15) is 11.4 Å². The molecule has 1 saturated carbocycles.